The van der Waals surface area contributed by atoms with Gasteiger partial charge in [-0.2, -0.15) is 0 Å². The Balaban J connectivity index is 1.57. The van der Waals surface area contributed by atoms with Crippen LogP contribution in [0.25, 0.3) is 10.2 Å². The molecule has 2 amide bonds. The van der Waals surface area contributed by atoms with Crippen LogP contribution in [0.3, 0.4) is 0 Å². The molecule has 2 N–H and O–H groups in total. The Labute approximate surface area is 201 Å². The number of rotatable bonds is 7. The van der Waals surface area contributed by atoms with Crippen LogP contribution in [0, 0.1) is 5.82 Å². The van der Waals surface area contributed by atoms with Gasteiger partial charge in [-0.1, -0.05) is 29.8 Å². The molecule has 0 unspecified atom stereocenters. The molecule has 11 heteroatoms. The summed E-state index contributed by atoms with van der Waals surface area (Å²) in [6, 6.07) is 13.7. The highest BCUT2D eigenvalue weighted by Crippen LogP contribution is 2.16. The molecular formula is C23H18ClFN4O4S. The van der Waals surface area contributed by atoms with Crippen molar-refractivity contribution in [2.75, 3.05) is 5.32 Å². The van der Waals surface area contributed by atoms with Gasteiger partial charge in [0.15, 0.2) is 0 Å². The summed E-state index contributed by atoms with van der Waals surface area (Å²) in [5, 5.41) is 7.36. The Bertz CT molecular complexity index is 1490. The normalized spacial score (nSPS) is 10.9. The maximum absolute atomic E-state index is 13.1. The number of hydrogen-bond donors (Lipinski definition) is 2. The highest BCUT2D eigenvalue weighted by Gasteiger charge is 2.18. The zero-order chi connectivity index (χ0) is 24.2. The van der Waals surface area contributed by atoms with Gasteiger partial charge in [-0.3, -0.25) is 19.0 Å². The minimum Gasteiger partial charge on any atom is -0.350 e. The second-order valence-electron chi connectivity index (χ2n) is 7.32. The van der Waals surface area contributed by atoms with Crippen LogP contribution >= 0.6 is 22.9 Å². The van der Waals surface area contributed by atoms with E-state index in [1.807, 2.05) is 0 Å². The molecule has 34 heavy (non-hydrogen) atoms. The number of thiophene rings is 1. The molecule has 0 fully saturated rings. The molecule has 0 aliphatic carbocycles. The largest absolute Gasteiger partial charge is 0.350 e. The zero-order valence-electron chi connectivity index (χ0n) is 17.6. The van der Waals surface area contributed by atoms with E-state index in [1.165, 1.54) is 24.3 Å². The van der Waals surface area contributed by atoms with E-state index in [-0.39, 0.29) is 17.8 Å². The van der Waals surface area contributed by atoms with E-state index >= 15 is 0 Å². The van der Waals surface area contributed by atoms with Gasteiger partial charge in [0, 0.05) is 17.3 Å². The van der Waals surface area contributed by atoms with E-state index in [1.54, 1.807) is 35.7 Å². The lowest BCUT2D eigenvalue weighted by Crippen LogP contribution is -2.44. The summed E-state index contributed by atoms with van der Waals surface area (Å²) in [5.41, 5.74) is -0.0815. The number of nitrogens with one attached hydrogen (secondary N) is 2. The number of fused-ring (bicyclic) bond motifs is 1. The Morgan fingerprint density at radius 1 is 0.941 bits per heavy atom. The molecule has 0 bridgehead atoms. The molecule has 0 radical (unpaired) electrons. The van der Waals surface area contributed by atoms with Crippen LogP contribution in [-0.2, 0) is 29.2 Å². The second-order valence-corrected chi connectivity index (χ2v) is 8.64. The molecule has 0 saturated heterocycles. The fourth-order valence-corrected chi connectivity index (χ4v) is 4.38. The van der Waals surface area contributed by atoms with Crippen molar-refractivity contribution in [2.45, 2.75) is 19.6 Å². The van der Waals surface area contributed by atoms with Crippen molar-refractivity contribution in [3.05, 3.63) is 97.2 Å². The minimum atomic E-state index is -0.793. The number of benzene rings is 2. The third kappa shape index (κ3) is 5.08. The lowest BCUT2D eigenvalue weighted by molar-refractivity contribution is -0.121. The Kier molecular flexibility index (Phi) is 6.90. The van der Waals surface area contributed by atoms with Gasteiger partial charge < -0.3 is 10.6 Å². The molecule has 8 nitrogen and oxygen atoms in total. The maximum Gasteiger partial charge on any atom is 0.332 e. The molecule has 0 aliphatic heterocycles. The highest BCUT2D eigenvalue weighted by molar-refractivity contribution is 7.17. The topological polar surface area (TPSA) is 102 Å². The van der Waals surface area contributed by atoms with E-state index in [4.69, 9.17) is 11.6 Å². The van der Waals surface area contributed by atoms with E-state index in [2.05, 4.69) is 10.6 Å². The molecular weight excluding hydrogens is 483 g/mol. The van der Waals surface area contributed by atoms with Gasteiger partial charge in [0.2, 0.25) is 11.8 Å². The van der Waals surface area contributed by atoms with Crippen LogP contribution < -0.4 is 21.9 Å². The highest BCUT2D eigenvalue weighted by atomic mass is 35.5. The third-order valence-corrected chi connectivity index (χ3v) is 6.26. The fraction of sp³-hybridized carbons (Fsp3) is 0.130. The molecule has 2 aromatic heterocycles. The van der Waals surface area contributed by atoms with Crippen molar-refractivity contribution in [3.8, 4) is 0 Å². The molecule has 0 aliphatic rings. The molecule has 4 rings (SSSR count). The van der Waals surface area contributed by atoms with E-state index in [0.717, 1.165) is 20.5 Å². The van der Waals surface area contributed by atoms with Gasteiger partial charge in [0.1, 0.15) is 23.6 Å². The predicted molar refractivity (Wildman–Crippen MR) is 129 cm³/mol. The molecule has 174 valence electrons. The standard InChI is InChI=1S/C23H18ClFN4O4S/c24-17-4-2-1-3-14(17)11-26-19(30)12-28-18-9-10-34-21(18)22(32)29(23(28)33)13-20(31)27-16-7-5-15(25)6-8-16/h1-10H,11-13H2,(H,26,30)(H,27,31). The Morgan fingerprint density at radius 2 is 1.65 bits per heavy atom. The predicted octanol–water partition coefficient (Wildman–Crippen LogP) is 2.97. The van der Waals surface area contributed by atoms with E-state index in [9.17, 15) is 23.6 Å². The summed E-state index contributed by atoms with van der Waals surface area (Å²) >= 11 is 7.22. The van der Waals surface area contributed by atoms with E-state index in [0.29, 0.717) is 21.8 Å². The van der Waals surface area contributed by atoms with Crippen LogP contribution in [0.4, 0.5) is 10.1 Å². The number of amides is 2. The van der Waals surface area contributed by atoms with Gasteiger partial charge in [-0.15, -0.1) is 11.3 Å². The average molecular weight is 501 g/mol. The summed E-state index contributed by atoms with van der Waals surface area (Å²) in [6.07, 6.45) is 0. The van der Waals surface area contributed by atoms with Crippen LogP contribution in [0.1, 0.15) is 5.56 Å². The first-order valence-corrected chi connectivity index (χ1v) is 11.4. The SMILES string of the molecule is O=C(Cn1c(=O)n(CC(=O)Nc2ccc(F)cc2)c(=O)c2sccc21)NCc1ccccc1Cl. The van der Waals surface area contributed by atoms with Crippen molar-refractivity contribution < 1.29 is 14.0 Å². The molecule has 0 spiro atoms. The number of hydrogen-bond acceptors (Lipinski definition) is 5. The smallest absolute Gasteiger partial charge is 0.332 e. The van der Waals surface area contributed by atoms with Gasteiger partial charge in [-0.05, 0) is 47.3 Å². The summed E-state index contributed by atoms with van der Waals surface area (Å²) < 4.78 is 15.2. The summed E-state index contributed by atoms with van der Waals surface area (Å²) in [4.78, 5) is 51.0. The van der Waals surface area contributed by atoms with Crippen LogP contribution in [0.15, 0.2) is 69.6 Å². The first-order valence-electron chi connectivity index (χ1n) is 10.1. The summed E-state index contributed by atoms with van der Waals surface area (Å²) in [5.74, 6) is -1.57. The second kappa shape index (κ2) is 10.0. The quantitative estimate of drug-likeness (QED) is 0.407. The van der Waals surface area contributed by atoms with E-state index < -0.39 is 35.4 Å². The van der Waals surface area contributed by atoms with Gasteiger partial charge in [0.05, 0.1) is 5.52 Å². The zero-order valence-corrected chi connectivity index (χ0v) is 19.2. The third-order valence-electron chi connectivity index (χ3n) is 5.00. The molecule has 0 saturated carbocycles. The van der Waals surface area contributed by atoms with Gasteiger partial charge >= 0.3 is 5.69 Å². The maximum atomic E-state index is 13.1. The number of halogens is 2. The molecule has 4 aromatic rings. The summed E-state index contributed by atoms with van der Waals surface area (Å²) in [6.45, 7) is -0.750. The van der Waals surface area contributed by atoms with Crippen LogP contribution in [-0.4, -0.2) is 20.9 Å². The molecule has 0 atom stereocenters. The van der Waals surface area contributed by atoms with Crippen molar-refractivity contribution in [2.24, 2.45) is 0 Å². The minimum absolute atomic E-state index is 0.166. The van der Waals surface area contributed by atoms with Crippen molar-refractivity contribution in [1.29, 1.82) is 0 Å². The Hall–Kier alpha value is -3.76. The lowest BCUT2D eigenvalue weighted by atomic mass is 10.2. The average Bonchev–Trinajstić information content (AvgIpc) is 3.30. The number of nitrogens with zero attached hydrogens (tertiary/aromatic N) is 2. The van der Waals surface area contributed by atoms with Crippen LogP contribution in [0.5, 0.6) is 0 Å². The summed E-state index contributed by atoms with van der Waals surface area (Å²) in [7, 11) is 0. The fourth-order valence-electron chi connectivity index (χ4n) is 3.34. The number of anilines is 1. The van der Waals surface area contributed by atoms with Gasteiger partial charge in [0.25, 0.3) is 5.56 Å². The molecule has 2 heterocycles. The van der Waals surface area contributed by atoms with Crippen molar-refractivity contribution >= 4 is 50.7 Å². The van der Waals surface area contributed by atoms with Crippen molar-refractivity contribution in [3.63, 3.8) is 0 Å². The number of carbonyl (C=O) groups is 2. The number of carbonyl (C=O) groups excluding carboxylic acids is 2. The first-order chi connectivity index (χ1) is 16.3. The molecule has 2 aromatic carbocycles. The lowest BCUT2D eigenvalue weighted by Gasteiger charge is -2.13. The van der Waals surface area contributed by atoms with Crippen molar-refractivity contribution in [1.82, 2.24) is 14.5 Å². The van der Waals surface area contributed by atoms with Crippen LogP contribution in [0.2, 0.25) is 5.02 Å². The monoisotopic (exact) mass is 500 g/mol. The van der Waals surface area contributed by atoms with Gasteiger partial charge in [-0.25, -0.2) is 13.8 Å². The first kappa shape index (κ1) is 23.4. The Morgan fingerprint density at radius 3 is 2.38 bits per heavy atom. The number of aromatic nitrogens is 2.